The second-order valence-electron chi connectivity index (χ2n) is 9.62. The van der Waals surface area contributed by atoms with E-state index >= 15 is 0 Å². The van der Waals surface area contributed by atoms with Crippen LogP contribution in [0.5, 0.6) is 5.75 Å². The van der Waals surface area contributed by atoms with Crippen molar-refractivity contribution in [3.63, 3.8) is 0 Å². The second kappa shape index (κ2) is 12.8. The molecule has 1 aromatic carbocycles. The quantitative estimate of drug-likeness (QED) is 0.279. The van der Waals surface area contributed by atoms with Gasteiger partial charge < -0.3 is 30.0 Å². The lowest BCUT2D eigenvalue weighted by atomic mass is 10.0. The molecule has 1 aliphatic heterocycles. The predicted molar refractivity (Wildman–Crippen MR) is 150 cm³/mol. The Hall–Kier alpha value is -3.92. The molecule has 3 rings (SSSR count). The van der Waals surface area contributed by atoms with Crippen molar-refractivity contribution in [2.24, 2.45) is 0 Å². The summed E-state index contributed by atoms with van der Waals surface area (Å²) in [5.74, 6) is -1.01. The Bertz CT molecular complexity index is 1290. The number of aryl methyl sites for hydroxylation is 1. The summed E-state index contributed by atoms with van der Waals surface area (Å²) in [5, 5.41) is 5.82. The number of nitrogens with one attached hydrogen (secondary N) is 3. The molecule has 10 heteroatoms. The molecule has 2 unspecified atom stereocenters. The number of H-pyrrole nitrogens is 1. The SMILES string of the molecule is CCN(CC)CCNC(=O)c1c(C)[nH]c(/C=C2\C(=O)Nc3ccc(OC(C)C(=O)OC(C)C(C)=O)cc32)c1C. The molecule has 0 radical (unpaired) electrons. The molecule has 2 atom stereocenters. The number of esters is 1. The van der Waals surface area contributed by atoms with Gasteiger partial charge in [-0.2, -0.15) is 0 Å². The van der Waals surface area contributed by atoms with Crippen molar-refractivity contribution in [1.82, 2.24) is 15.2 Å². The van der Waals surface area contributed by atoms with Gasteiger partial charge in [0, 0.05) is 35.7 Å². The Balaban J connectivity index is 1.80. The maximum atomic E-state index is 12.9. The molecule has 2 aromatic rings. The van der Waals surface area contributed by atoms with Gasteiger partial charge in [-0.15, -0.1) is 0 Å². The normalized spacial score (nSPS) is 15.1. The number of benzene rings is 1. The zero-order chi connectivity index (χ0) is 28.9. The smallest absolute Gasteiger partial charge is 0.347 e. The van der Waals surface area contributed by atoms with Crippen LogP contribution in [0.3, 0.4) is 0 Å². The average molecular weight is 539 g/mol. The van der Waals surface area contributed by atoms with Crippen molar-refractivity contribution >= 4 is 40.9 Å². The van der Waals surface area contributed by atoms with Gasteiger partial charge in [0.2, 0.25) is 0 Å². The van der Waals surface area contributed by atoms with E-state index in [0.717, 1.165) is 25.2 Å². The molecular formula is C29H38N4O6. The lowest BCUT2D eigenvalue weighted by Crippen LogP contribution is -2.35. The molecule has 0 aliphatic carbocycles. The largest absolute Gasteiger partial charge is 0.479 e. The number of aromatic amines is 1. The summed E-state index contributed by atoms with van der Waals surface area (Å²) in [6.45, 7) is 15.4. The first-order valence-electron chi connectivity index (χ1n) is 13.2. The van der Waals surface area contributed by atoms with Crippen LogP contribution in [0.25, 0.3) is 11.6 Å². The van der Waals surface area contributed by atoms with Gasteiger partial charge in [0.25, 0.3) is 11.8 Å². The van der Waals surface area contributed by atoms with Crippen LogP contribution in [0.1, 0.15) is 67.5 Å². The van der Waals surface area contributed by atoms with Gasteiger partial charge >= 0.3 is 5.97 Å². The van der Waals surface area contributed by atoms with Crippen LogP contribution in [0.2, 0.25) is 0 Å². The van der Waals surface area contributed by atoms with Gasteiger partial charge in [0.1, 0.15) is 5.75 Å². The van der Waals surface area contributed by atoms with Gasteiger partial charge in [-0.3, -0.25) is 14.4 Å². The highest BCUT2D eigenvalue weighted by molar-refractivity contribution is 6.35. The van der Waals surface area contributed by atoms with E-state index in [1.165, 1.54) is 20.8 Å². The summed E-state index contributed by atoms with van der Waals surface area (Å²) < 4.78 is 10.9. The molecule has 210 valence electrons. The summed E-state index contributed by atoms with van der Waals surface area (Å²) in [6.07, 6.45) is -0.105. The average Bonchev–Trinajstić information content (AvgIpc) is 3.35. The molecule has 1 aromatic heterocycles. The van der Waals surface area contributed by atoms with Crippen LogP contribution in [0, 0.1) is 13.8 Å². The van der Waals surface area contributed by atoms with Crippen molar-refractivity contribution in [3.8, 4) is 5.75 Å². The highest BCUT2D eigenvalue weighted by Gasteiger charge is 2.27. The highest BCUT2D eigenvalue weighted by atomic mass is 16.6. The summed E-state index contributed by atoms with van der Waals surface area (Å²) in [7, 11) is 0. The van der Waals surface area contributed by atoms with Crippen molar-refractivity contribution < 1.29 is 28.7 Å². The van der Waals surface area contributed by atoms with Crippen LogP contribution < -0.4 is 15.4 Å². The number of hydrogen-bond acceptors (Lipinski definition) is 7. The Labute approximate surface area is 229 Å². The van der Waals surface area contributed by atoms with E-state index in [2.05, 4.69) is 34.4 Å². The van der Waals surface area contributed by atoms with Gasteiger partial charge in [0.15, 0.2) is 18.0 Å². The molecule has 0 fully saturated rings. The third-order valence-electron chi connectivity index (χ3n) is 6.88. The minimum Gasteiger partial charge on any atom is -0.479 e. The Morgan fingerprint density at radius 2 is 1.79 bits per heavy atom. The number of ketones is 1. The molecule has 39 heavy (non-hydrogen) atoms. The van der Waals surface area contributed by atoms with E-state index in [1.54, 1.807) is 24.3 Å². The predicted octanol–water partition coefficient (Wildman–Crippen LogP) is 3.48. The maximum Gasteiger partial charge on any atom is 0.347 e. The summed E-state index contributed by atoms with van der Waals surface area (Å²) >= 11 is 0. The molecule has 2 heterocycles. The summed E-state index contributed by atoms with van der Waals surface area (Å²) in [4.78, 5) is 54.9. The van der Waals surface area contributed by atoms with E-state index in [9.17, 15) is 19.2 Å². The van der Waals surface area contributed by atoms with Crippen LogP contribution in [-0.2, 0) is 19.1 Å². The van der Waals surface area contributed by atoms with Crippen LogP contribution in [-0.4, -0.2) is 71.8 Å². The lowest BCUT2D eigenvalue weighted by molar-refractivity contribution is -0.159. The van der Waals surface area contributed by atoms with Crippen molar-refractivity contribution in [2.45, 2.75) is 60.7 Å². The third kappa shape index (κ3) is 6.94. The molecule has 10 nitrogen and oxygen atoms in total. The number of rotatable bonds is 12. The zero-order valence-electron chi connectivity index (χ0n) is 23.7. The number of carbonyl (C=O) groups is 4. The number of anilines is 1. The number of Topliss-reactive ketones (excluding diaryl/α,β-unsaturated/α-hetero) is 1. The standard InChI is InChI=1S/C29H38N4O6/c1-8-33(9-2)13-12-30-28(36)26-16(3)25(31-17(26)4)15-23-22-14-21(10-11-24(22)32-27(23)35)38-20(7)29(37)39-19(6)18(5)34/h10-11,14-15,19-20,31H,8-9,12-13H2,1-7H3,(H,30,36)(H,32,35)/b23-15-. The van der Waals surface area contributed by atoms with E-state index < -0.39 is 18.2 Å². The van der Waals surface area contributed by atoms with Crippen LogP contribution in [0.15, 0.2) is 18.2 Å². The number of likely N-dealkylation sites (N-methyl/N-ethyl adjacent to an activating group) is 1. The first-order valence-corrected chi connectivity index (χ1v) is 13.2. The molecular weight excluding hydrogens is 500 g/mol. The Kier molecular flexibility index (Phi) is 9.69. The van der Waals surface area contributed by atoms with Crippen LogP contribution >= 0.6 is 0 Å². The highest BCUT2D eigenvalue weighted by Crippen LogP contribution is 2.36. The van der Waals surface area contributed by atoms with Gasteiger partial charge in [-0.1, -0.05) is 13.8 Å². The van der Waals surface area contributed by atoms with Gasteiger partial charge in [-0.05, 0) is 77.5 Å². The number of nitrogens with zero attached hydrogens (tertiary/aromatic N) is 1. The first kappa shape index (κ1) is 29.6. The van der Waals surface area contributed by atoms with E-state index in [0.29, 0.717) is 46.1 Å². The maximum absolute atomic E-state index is 12.9. The second-order valence-corrected chi connectivity index (χ2v) is 9.62. The fourth-order valence-electron chi connectivity index (χ4n) is 4.35. The van der Waals surface area contributed by atoms with Crippen molar-refractivity contribution in [2.75, 3.05) is 31.5 Å². The lowest BCUT2D eigenvalue weighted by Gasteiger charge is -2.18. The van der Waals surface area contributed by atoms with E-state index in [-0.39, 0.29) is 17.6 Å². The van der Waals surface area contributed by atoms with E-state index in [4.69, 9.17) is 9.47 Å². The van der Waals surface area contributed by atoms with Gasteiger partial charge in [-0.25, -0.2) is 4.79 Å². The Morgan fingerprint density at radius 1 is 1.10 bits per heavy atom. The number of ether oxygens (including phenoxy) is 2. The molecule has 3 N–H and O–H groups in total. The van der Waals surface area contributed by atoms with Gasteiger partial charge in [0.05, 0.1) is 11.1 Å². The fraction of sp³-hybridized carbons (Fsp3) is 0.448. The molecule has 2 amide bonds. The molecule has 1 aliphatic rings. The minimum absolute atomic E-state index is 0.162. The van der Waals surface area contributed by atoms with Crippen molar-refractivity contribution in [1.29, 1.82) is 0 Å². The first-order chi connectivity index (χ1) is 18.5. The molecule has 0 saturated heterocycles. The number of amides is 2. The van der Waals surface area contributed by atoms with Crippen LogP contribution in [0.4, 0.5) is 5.69 Å². The minimum atomic E-state index is -0.960. The monoisotopic (exact) mass is 538 g/mol. The fourth-order valence-corrected chi connectivity index (χ4v) is 4.35. The van der Waals surface area contributed by atoms with Crippen molar-refractivity contribution in [3.05, 3.63) is 46.3 Å². The van der Waals surface area contributed by atoms with E-state index in [1.807, 2.05) is 13.8 Å². The molecule has 0 bridgehead atoms. The number of aromatic nitrogens is 1. The number of hydrogen-bond donors (Lipinski definition) is 3. The zero-order valence-corrected chi connectivity index (χ0v) is 23.7. The molecule has 0 spiro atoms. The topological polar surface area (TPSA) is 130 Å². The molecule has 0 saturated carbocycles. The third-order valence-corrected chi connectivity index (χ3v) is 6.88. The Morgan fingerprint density at radius 3 is 2.44 bits per heavy atom. The summed E-state index contributed by atoms with van der Waals surface area (Å²) in [6, 6.07) is 5.01. The number of fused-ring (bicyclic) bond motifs is 1. The number of carbonyl (C=O) groups excluding carboxylic acids is 4. The summed E-state index contributed by atoms with van der Waals surface area (Å²) in [5.41, 5.74) is 4.27.